The summed E-state index contributed by atoms with van der Waals surface area (Å²) < 4.78 is 5.25. The lowest BCUT2D eigenvalue weighted by atomic mass is 10.0. The first-order valence-corrected chi connectivity index (χ1v) is 6.80. The Morgan fingerprint density at radius 1 is 1.25 bits per heavy atom. The van der Waals surface area contributed by atoms with Crippen molar-refractivity contribution in [3.8, 4) is 0 Å². The Labute approximate surface area is 119 Å². The third-order valence-electron chi connectivity index (χ3n) is 3.26. The van der Waals surface area contributed by atoms with E-state index in [-0.39, 0.29) is 18.0 Å². The molecule has 2 atom stereocenters. The van der Waals surface area contributed by atoms with Crippen LogP contribution in [0.5, 0.6) is 0 Å². The number of furan rings is 1. The van der Waals surface area contributed by atoms with Gasteiger partial charge in [0.25, 0.3) is 0 Å². The average molecular weight is 272 g/mol. The molecule has 4 nitrogen and oxygen atoms in total. The van der Waals surface area contributed by atoms with E-state index in [1.54, 1.807) is 6.26 Å². The van der Waals surface area contributed by atoms with E-state index < -0.39 is 0 Å². The fourth-order valence-corrected chi connectivity index (χ4v) is 2.08. The highest BCUT2D eigenvalue weighted by atomic mass is 16.3. The van der Waals surface area contributed by atoms with Crippen molar-refractivity contribution in [3.63, 3.8) is 0 Å². The Bertz CT molecular complexity index is 523. The van der Waals surface area contributed by atoms with Crippen LogP contribution in [0.2, 0.25) is 0 Å². The minimum Gasteiger partial charge on any atom is -0.467 e. The van der Waals surface area contributed by atoms with E-state index in [1.165, 1.54) is 0 Å². The van der Waals surface area contributed by atoms with E-state index in [1.807, 2.05) is 49.4 Å². The molecule has 0 aliphatic heterocycles. The summed E-state index contributed by atoms with van der Waals surface area (Å²) in [5.74, 6) is 0.742. The van der Waals surface area contributed by atoms with Crippen LogP contribution >= 0.6 is 0 Å². The van der Waals surface area contributed by atoms with Crippen molar-refractivity contribution in [1.29, 1.82) is 0 Å². The largest absolute Gasteiger partial charge is 0.467 e. The molecule has 1 aromatic heterocycles. The fraction of sp³-hybridized carbons (Fsp3) is 0.312. The maximum Gasteiger partial charge on any atom is 0.220 e. The van der Waals surface area contributed by atoms with Gasteiger partial charge in [0.05, 0.1) is 12.3 Å². The van der Waals surface area contributed by atoms with Gasteiger partial charge in [-0.15, -0.1) is 0 Å². The molecule has 3 N–H and O–H groups in total. The van der Waals surface area contributed by atoms with E-state index in [4.69, 9.17) is 10.2 Å². The van der Waals surface area contributed by atoms with Gasteiger partial charge in [0.15, 0.2) is 0 Å². The number of benzene rings is 1. The van der Waals surface area contributed by atoms with Crippen LogP contribution in [0.25, 0.3) is 0 Å². The van der Waals surface area contributed by atoms with Crippen molar-refractivity contribution in [3.05, 3.63) is 60.1 Å². The van der Waals surface area contributed by atoms with Crippen LogP contribution in [0.15, 0.2) is 53.1 Å². The summed E-state index contributed by atoms with van der Waals surface area (Å²) >= 11 is 0. The van der Waals surface area contributed by atoms with Crippen LogP contribution in [-0.2, 0) is 4.79 Å². The van der Waals surface area contributed by atoms with Crippen LogP contribution in [0, 0.1) is 0 Å². The van der Waals surface area contributed by atoms with Crippen molar-refractivity contribution < 1.29 is 9.21 Å². The molecule has 20 heavy (non-hydrogen) atoms. The van der Waals surface area contributed by atoms with Gasteiger partial charge in [0.1, 0.15) is 5.76 Å². The van der Waals surface area contributed by atoms with Crippen molar-refractivity contribution >= 4 is 5.91 Å². The molecule has 1 aromatic carbocycles. The van der Waals surface area contributed by atoms with Gasteiger partial charge in [0.2, 0.25) is 5.91 Å². The van der Waals surface area contributed by atoms with E-state index >= 15 is 0 Å². The molecule has 4 heteroatoms. The van der Waals surface area contributed by atoms with Crippen molar-refractivity contribution in [1.82, 2.24) is 5.32 Å². The third-order valence-corrected chi connectivity index (χ3v) is 3.26. The summed E-state index contributed by atoms with van der Waals surface area (Å²) in [7, 11) is 0. The highest BCUT2D eigenvalue weighted by Crippen LogP contribution is 2.16. The predicted molar refractivity (Wildman–Crippen MR) is 77.9 cm³/mol. The molecule has 1 heterocycles. The lowest BCUT2D eigenvalue weighted by Gasteiger charge is -2.14. The summed E-state index contributed by atoms with van der Waals surface area (Å²) in [4.78, 5) is 11.9. The molecule has 1 unspecified atom stereocenters. The maximum absolute atomic E-state index is 11.9. The van der Waals surface area contributed by atoms with E-state index in [9.17, 15) is 4.79 Å². The molecule has 2 aromatic rings. The Hall–Kier alpha value is -2.07. The number of rotatable bonds is 6. The van der Waals surface area contributed by atoms with Crippen molar-refractivity contribution in [2.45, 2.75) is 31.8 Å². The monoisotopic (exact) mass is 272 g/mol. The van der Waals surface area contributed by atoms with Gasteiger partial charge in [-0.25, -0.2) is 0 Å². The predicted octanol–water partition coefficient (Wildman–Crippen LogP) is 2.94. The van der Waals surface area contributed by atoms with Crippen LogP contribution < -0.4 is 11.1 Å². The second kappa shape index (κ2) is 6.91. The van der Waals surface area contributed by atoms with Gasteiger partial charge in [-0.3, -0.25) is 4.79 Å². The summed E-state index contributed by atoms with van der Waals surface area (Å²) in [5, 5.41) is 2.90. The second-order valence-corrected chi connectivity index (χ2v) is 4.86. The van der Waals surface area contributed by atoms with Crippen LogP contribution in [0.4, 0.5) is 0 Å². The number of hydrogen-bond donors (Lipinski definition) is 2. The molecule has 2 rings (SSSR count). The molecule has 106 valence electrons. The number of nitrogens with one attached hydrogen (secondary N) is 1. The number of carbonyl (C=O) groups excluding carboxylic acids is 1. The smallest absolute Gasteiger partial charge is 0.220 e. The minimum absolute atomic E-state index is 0.0136. The first-order chi connectivity index (χ1) is 9.66. The van der Waals surface area contributed by atoms with Gasteiger partial charge in [-0.05, 0) is 31.0 Å². The molecule has 0 saturated heterocycles. The molecule has 0 radical (unpaired) electrons. The SMILES string of the molecule is C[C@H](NC(=O)CCC(N)c1ccccc1)c1ccco1. The van der Waals surface area contributed by atoms with E-state index in [2.05, 4.69) is 5.32 Å². The lowest BCUT2D eigenvalue weighted by Crippen LogP contribution is -2.27. The first kappa shape index (κ1) is 14.3. The first-order valence-electron chi connectivity index (χ1n) is 6.80. The molecule has 0 saturated carbocycles. The minimum atomic E-state index is -0.120. The van der Waals surface area contributed by atoms with Gasteiger partial charge in [-0.2, -0.15) is 0 Å². The van der Waals surface area contributed by atoms with Gasteiger partial charge in [-0.1, -0.05) is 30.3 Å². The van der Waals surface area contributed by atoms with Crippen LogP contribution in [0.3, 0.4) is 0 Å². The summed E-state index contributed by atoms with van der Waals surface area (Å²) in [6.45, 7) is 1.90. The average Bonchev–Trinajstić information content (AvgIpc) is 3.00. The summed E-state index contributed by atoms with van der Waals surface area (Å²) in [6, 6.07) is 13.2. The highest BCUT2D eigenvalue weighted by Gasteiger charge is 2.13. The molecule has 0 fully saturated rings. The molecule has 0 bridgehead atoms. The van der Waals surface area contributed by atoms with Gasteiger partial charge >= 0.3 is 0 Å². The number of nitrogens with two attached hydrogens (primary N) is 1. The van der Waals surface area contributed by atoms with Crippen molar-refractivity contribution in [2.24, 2.45) is 5.73 Å². The van der Waals surface area contributed by atoms with Crippen molar-refractivity contribution in [2.75, 3.05) is 0 Å². The summed E-state index contributed by atoms with van der Waals surface area (Å²) in [5.41, 5.74) is 7.13. The zero-order chi connectivity index (χ0) is 14.4. The Morgan fingerprint density at radius 2 is 2.00 bits per heavy atom. The fourth-order valence-electron chi connectivity index (χ4n) is 2.08. The second-order valence-electron chi connectivity index (χ2n) is 4.86. The Balaban J connectivity index is 1.78. The van der Waals surface area contributed by atoms with E-state index in [0.29, 0.717) is 12.8 Å². The standard InChI is InChI=1S/C16H20N2O2/c1-12(15-8-5-11-20-15)18-16(19)10-9-14(17)13-6-3-2-4-7-13/h2-8,11-12,14H,9-10,17H2,1H3,(H,18,19)/t12-,14?/m0/s1. The summed E-state index contributed by atoms with van der Waals surface area (Å²) in [6.07, 6.45) is 2.63. The number of hydrogen-bond acceptors (Lipinski definition) is 3. The van der Waals surface area contributed by atoms with Crippen LogP contribution in [0.1, 0.15) is 43.2 Å². The zero-order valence-electron chi connectivity index (χ0n) is 11.6. The molecule has 0 spiro atoms. The topological polar surface area (TPSA) is 68.3 Å². The van der Waals surface area contributed by atoms with Gasteiger partial charge in [0, 0.05) is 12.5 Å². The molecule has 0 aliphatic rings. The quantitative estimate of drug-likeness (QED) is 0.849. The zero-order valence-corrected chi connectivity index (χ0v) is 11.6. The number of carbonyl (C=O) groups is 1. The Kier molecular flexibility index (Phi) is 4.96. The molecular formula is C16H20N2O2. The highest BCUT2D eigenvalue weighted by molar-refractivity contribution is 5.76. The Morgan fingerprint density at radius 3 is 2.65 bits per heavy atom. The maximum atomic E-state index is 11.9. The third kappa shape index (κ3) is 3.96. The molecular weight excluding hydrogens is 252 g/mol. The normalized spacial score (nSPS) is 13.7. The molecule has 1 amide bonds. The number of amides is 1. The van der Waals surface area contributed by atoms with E-state index in [0.717, 1.165) is 11.3 Å². The van der Waals surface area contributed by atoms with Crippen LogP contribution in [-0.4, -0.2) is 5.91 Å². The van der Waals surface area contributed by atoms with Gasteiger partial charge < -0.3 is 15.5 Å². The molecule has 0 aliphatic carbocycles. The lowest BCUT2D eigenvalue weighted by molar-refractivity contribution is -0.122.